The van der Waals surface area contributed by atoms with E-state index < -0.39 is 0 Å². The van der Waals surface area contributed by atoms with Gasteiger partial charge in [0.05, 0.1) is 0 Å². The van der Waals surface area contributed by atoms with Gasteiger partial charge in [0.15, 0.2) is 34.9 Å². The fraction of sp³-hybridized carbons (Fsp3) is 0.0333. The van der Waals surface area contributed by atoms with Crippen molar-refractivity contribution in [3.05, 3.63) is 252 Å². The second kappa shape index (κ2) is 15.5. The molecule has 0 spiro atoms. The van der Waals surface area contributed by atoms with Crippen molar-refractivity contribution < 1.29 is 0 Å². The minimum atomic E-state index is 0.0188. The average Bonchev–Trinajstić information content (AvgIpc) is 3.40. The Balaban J connectivity index is 0.947. The zero-order valence-electron chi connectivity index (χ0n) is 35.6. The van der Waals surface area contributed by atoms with Crippen LogP contribution in [0.5, 0.6) is 0 Å². The lowest BCUT2D eigenvalue weighted by Crippen LogP contribution is -2.27. The largest absolute Gasteiger partial charge is 0.208 e. The topological polar surface area (TPSA) is 77.3 Å². The Morgan fingerprint density at radius 2 is 0.591 bits per heavy atom. The van der Waals surface area contributed by atoms with E-state index in [1.54, 1.807) is 0 Å². The van der Waals surface area contributed by atoms with Gasteiger partial charge in [0.25, 0.3) is 0 Å². The smallest absolute Gasteiger partial charge is 0.164 e. The molecule has 6 heteroatoms. The highest BCUT2D eigenvalue weighted by atomic mass is 15.0. The third-order valence-corrected chi connectivity index (χ3v) is 13.2. The quantitative estimate of drug-likeness (QED) is 0.159. The van der Waals surface area contributed by atoms with Crippen molar-refractivity contribution in [3.63, 3.8) is 0 Å². The number of rotatable bonds is 7. The van der Waals surface area contributed by atoms with Crippen LogP contribution in [-0.2, 0) is 0 Å². The number of hydrogen-bond acceptors (Lipinski definition) is 6. The summed E-state index contributed by atoms with van der Waals surface area (Å²) in [7, 11) is 0. The predicted octanol–water partition coefficient (Wildman–Crippen LogP) is 13.9. The van der Waals surface area contributed by atoms with Crippen molar-refractivity contribution in [2.24, 2.45) is 0 Å². The van der Waals surface area contributed by atoms with Crippen LogP contribution in [0.1, 0.15) is 45.2 Å². The average molecular weight is 843 g/mol. The molecule has 0 aliphatic heterocycles. The molecule has 0 fully saturated rings. The van der Waals surface area contributed by atoms with Gasteiger partial charge in [0.2, 0.25) is 0 Å². The molecule has 0 amide bonds. The Labute approximate surface area is 382 Å². The van der Waals surface area contributed by atoms with Crippen LogP contribution in [0, 0.1) is 0 Å². The Kier molecular flexibility index (Phi) is 8.88. The lowest BCUT2D eigenvalue weighted by Gasteiger charge is -2.42. The van der Waals surface area contributed by atoms with E-state index in [0.717, 1.165) is 44.5 Å². The second-order valence-electron chi connectivity index (χ2n) is 17.0. The van der Waals surface area contributed by atoms with Crippen LogP contribution in [0.3, 0.4) is 0 Å². The van der Waals surface area contributed by atoms with Gasteiger partial charge in [-0.2, -0.15) is 0 Å². The molecule has 0 saturated carbocycles. The zero-order valence-corrected chi connectivity index (χ0v) is 35.6. The monoisotopic (exact) mass is 842 g/mol. The third-order valence-electron chi connectivity index (χ3n) is 13.2. The maximum absolute atomic E-state index is 5.33. The van der Waals surface area contributed by atoms with Gasteiger partial charge in [-0.05, 0) is 67.4 Å². The number of aromatic nitrogens is 6. The Bertz CT molecular complexity index is 3600. The number of fused-ring (bicyclic) bond motifs is 1. The fourth-order valence-corrected chi connectivity index (χ4v) is 10.1. The van der Waals surface area contributed by atoms with Crippen LogP contribution in [0.25, 0.3) is 90.2 Å². The Morgan fingerprint density at radius 1 is 0.227 bits per heavy atom. The molecule has 9 aromatic carbocycles. The van der Waals surface area contributed by atoms with E-state index in [2.05, 4.69) is 140 Å². The van der Waals surface area contributed by atoms with Gasteiger partial charge >= 0.3 is 0 Å². The van der Waals surface area contributed by atoms with Crippen molar-refractivity contribution in [1.82, 2.24) is 29.9 Å². The predicted molar refractivity (Wildman–Crippen MR) is 264 cm³/mol. The van der Waals surface area contributed by atoms with E-state index in [4.69, 9.17) is 29.9 Å². The minimum Gasteiger partial charge on any atom is -0.208 e. The summed E-state index contributed by atoms with van der Waals surface area (Å²) in [5.41, 5.74) is 15.7. The first-order valence-corrected chi connectivity index (χ1v) is 22.3. The summed E-state index contributed by atoms with van der Waals surface area (Å²) in [4.78, 5) is 30.9. The van der Waals surface area contributed by atoms with E-state index >= 15 is 0 Å². The molecule has 2 bridgehead atoms. The van der Waals surface area contributed by atoms with Crippen LogP contribution in [-0.4, -0.2) is 29.9 Å². The normalized spacial score (nSPS) is 14.4. The van der Waals surface area contributed by atoms with Crippen LogP contribution >= 0.6 is 0 Å². The van der Waals surface area contributed by atoms with E-state index in [1.807, 2.05) is 78.9 Å². The molecular formula is C60H38N6. The lowest BCUT2D eigenvalue weighted by molar-refractivity contribution is 0.754. The van der Waals surface area contributed by atoms with Gasteiger partial charge in [0.1, 0.15) is 0 Å². The SMILES string of the molecule is c1ccc(-c2nc(-c3ccccc3)nc(-c3ccc4c(c3)C3c5ccccc5C4c4cc(-c5nc(-c6ccccc6)nc(-c6ccccc6-c6cccc7ccccc67)n5)ccc43)n2)cc1. The third kappa shape index (κ3) is 6.33. The summed E-state index contributed by atoms with van der Waals surface area (Å²) in [5.74, 6) is 3.90. The maximum atomic E-state index is 5.33. The van der Waals surface area contributed by atoms with Crippen molar-refractivity contribution >= 4 is 10.8 Å². The maximum Gasteiger partial charge on any atom is 0.164 e. The van der Waals surface area contributed by atoms with Crippen molar-refractivity contribution in [1.29, 1.82) is 0 Å². The van der Waals surface area contributed by atoms with E-state index in [0.29, 0.717) is 34.9 Å². The van der Waals surface area contributed by atoms with Crippen molar-refractivity contribution in [3.8, 4) is 79.5 Å². The first kappa shape index (κ1) is 37.8. The molecule has 0 saturated heterocycles. The van der Waals surface area contributed by atoms with Gasteiger partial charge in [-0.1, -0.05) is 206 Å². The molecule has 2 atom stereocenters. The molecule has 2 aromatic heterocycles. The molecule has 0 radical (unpaired) electrons. The molecule has 2 heterocycles. The second-order valence-corrected chi connectivity index (χ2v) is 17.0. The highest BCUT2D eigenvalue weighted by molar-refractivity contribution is 6.00. The Morgan fingerprint density at radius 3 is 1.11 bits per heavy atom. The molecule has 3 aliphatic rings. The van der Waals surface area contributed by atoms with Gasteiger partial charge < -0.3 is 0 Å². The molecule has 308 valence electrons. The first-order valence-electron chi connectivity index (χ1n) is 22.3. The molecule has 6 nitrogen and oxygen atoms in total. The van der Waals surface area contributed by atoms with Gasteiger partial charge in [-0.25, -0.2) is 29.9 Å². The number of benzene rings is 9. The lowest BCUT2D eigenvalue weighted by atomic mass is 9.61. The van der Waals surface area contributed by atoms with Crippen LogP contribution in [0.2, 0.25) is 0 Å². The first-order chi connectivity index (χ1) is 32.7. The summed E-state index contributed by atoms with van der Waals surface area (Å²) >= 11 is 0. The summed E-state index contributed by atoms with van der Waals surface area (Å²) in [6, 6.07) is 76.5. The molecule has 14 rings (SSSR count). The molecule has 0 N–H and O–H groups in total. The number of hydrogen-bond donors (Lipinski definition) is 0. The van der Waals surface area contributed by atoms with Crippen molar-refractivity contribution in [2.45, 2.75) is 11.8 Å². The van der Waals surface area contributed by atoms with Crippen LogP contribution in [0.15, 0.2) is 218 Å². The van der Waals surface area contributed by atoms with Gasteiger partial charge in [0, 0.05) is 45.2 Å². The molecular weight excluding hydrogens is 805 g/mol. The fourth-order valence-electron chi connectivity index (χ4n) is 10.1. The highest BCUT2D eigenvalue weighted by Gasteiger charge is 2.41. The summed E-state index contributed by atoms with van der Waals surface area (Å²) in [5, 5.41) is 2.37. The molecule has 2 unspecified atom stereocenters. The van der Waals surface area contributed by atoms with E-state index in [9.17, 15) is 0 Å². The summed E-state index contributed by atoms with van der Waals surface area (Å²) in [6.45, 7) is 0. The molecule has 11 aromatic rings. The van der Waals surface area contributed by atoms with Crippen molar-refractivity contribution in [2.75, 3.05) is 0 Å². The molecule has 3 aliphatic carbocycles. The van der Waals surface area contributed by atoms with Gasteiger partial charge in [-0.15, -0.1) is 0 Å². The van der Waals surface area contributed by atoms with E-state index in [1.165, 1.54) is 44.2 Å². The van der Waals surface area contributed by atoms with E-state index in [-0.39, 0.29) is 11.8 Å². The summed E-state index contributed by atoms with van der Waals surface area (Å²) < 4.78 is 0. The van der Waals surface area contributed by atoms with Crippen LogP contribution in [0.4, 0.5) is 0 Å². The number of nitrogens with zero attached hydrogens (tertiary/aromatic N) is 6. The minimum absolute atomic E-state index is 0.0188. The van der Waals surface area contributed by atoms with Crippen LogP contribution < -0.4 is 0 Å². The van der Waals surface area contributed by atoms with Gasteiger partial charge in [-0.3, -0.25) is 0 Å². The molecule has 66 heavy (non-hydrogen) atoms. The standard InChI is InChI=1S/C60H38N6/c1-4-18-38(19-5-1)55-61-56(39-20-6-2-7-21-39)63-58(62-55)41-31-33-48-51(35-41)53-46-27-13-14-28-47(46)54(48)52-36-42(32-34-49(52)53)59-64-57(40-22-8-3-9-23-40)65-60(66-59)50-29-15-12-26-45(50)44-30-16-24-37-17-10-11-25-43(37)44/h1-36,53-54H. The highest BCUT2D eigenvalue weighted by Crippen LogP contribution is 2.56. The summed E-state index contributed by atoms with van der Waals surface area (Å²) in [6.07, 6.45) is 0. The zero-order chi connectivity index (χ0) is 43.6. The Hall–Kier alpha value is -8.74.